The molecule has 0 spiro atoms. The molecular weight excluding hydrogens is 388 g/mol. The van der Waals surface area contributed by atoms with Gasteiger partial charge in [-0.1, -0.05) is 35.0 Å². The van der Waals surface area contributed by atoms with Crippen molar-refractivity contribution < 1.29 is 19.2 Å². The predicted octanol–water partition coefficient (Wildman–Crippen LogP) is 4.22. The van der Waals surface area contributed by atoms with Crippen LogP contribution >= 0.6 is 11.8 Å². The minimum absolute atomic E-state index is 0.173. The predicted molar refractivity (Wildman–Crippen MR) is 107 cm³/mol. The molecule has 0 N–H and O–H groups in total. The highest BCUT2D eigenvalue weighted by atomic mass is 32.2. The SMILES string of the molecule is Cc1ccc(Sc2ncccc2C(=O)ON2C(=O)c3ccccc3C2=O)cc1C. The number of carbonyl (C=O) groups excluding carboxylic acids is 3. The molecule has 29 heavy (non-hydrogen) atoms. The molecule has 2 amide bonds. The highest BCUT2D eigenvalue weighted by Crippen LogP contribution is 2.31. The van der Waals surface area contributed by atoms with E-state index in [1.165, 1.54) is 29.5 Å². The number of aromatic nitrogens is 1. The number of amides is 2. The first-order chi connectivity index (χ1) is 14.0. The first-order valence-electron chi connectivity index (χ1n) is 8.86. The van der Waals surface area contributed by atoms with Gasteiger partial charge in [0.1, 0.15) is 5.03 Å². The van der Waals surface area contributed by atoms with E-state index in [4.69, 9.17) is 4.84 Å². The third kappa shape index (κ3) is 3.52. The van der Waals surface area contributed by atoms with Gasteiger partial charge < -0.3 is 4.84 Å². The van der Waals surface area contributed by atoms with Crippen LogP contribution < -0.4 is 0 Å². The molecule has 0 radical (unpaired) electrons. The Morgan fingerprint density at radius 3 is 2.28 bits per heavy atom. The van der Waals surface area contributed by atoms with E-state index in [-0.39, 0.29) is 16.7 Å². The molecule has 0 saturated carbocycles. The maximum absolute atomic E-state index is 12.8. The van der Waals surface area contributed by atoms with Crippen LogP contribution in [-0.2, 0) is 4.84 Å². The fourth-order valence-electron chi connectivity index (χ4n) is 2.90. The second kappa shape index (κ2) is 7.52. The minimum atomic E-state index is -0.820. The van der Waals surface area contributed by atoms with Gasteiger partial charge in [0.05, 0.1) is 16.7 Å². The maximum atomic E-state index is 12.8. The Bertz CT molecular complexity index is 1120. The molecular formula is C22H16N2O4S. The lowest BCUT2D eigenvalue weighted by Gasteiger charge is -2.14. The van der Waals surface area contributed by atoms with Crippen LogP contribution in [-0.4, -0.2) is 27.8 Å². The number of carbonyl (C=O) groups is 3. The normalized spacial score (nSPS) is 12.8. The van der Waals surface area contributed by atoms with E-state index in [9.17, 15) is 14.4 Å². The number of hydrogen-bond acceptors (Lipinski definition) is 6. The quantitative estimate of drug-likeness (QED) is 0.606. The Hall–Kier alpha value is -3.45. The van der Waals surface area contributed by atoms with E-state index < -0.39 is 17.8 Å². The number of pyridine rings is 1. The molecule has 2 aromatic carbocycles. The summed E-state index contributed by atoms with van der Waals surface area (Å²) in [6.07, 6.45) is 1.57. The molecule has 0 aliphatic carbocycles. The summed E-state index contributed by atoms with van der Waals surface area (Å²) in [5.41, 5.74) is 2.89. The Balaban J connectivity index is 1.58. The van der Waals surface area contributed by atoms with E-state index in [1.807, 2.05) is 32.0 Å². The summed E-state index contributed by atoms with van der Waals surface area (Å²) in [5, 5.41) is 0.933. The van der Waals surface area contributed by atoms with Crippen LogP contribution in [0.5, 0.6) is 0 Å². The van der Waals surface area contributed by atoms with Crippen molar-refractivity contribution in [2.75, 3.05) is 0 Å². The Morgan fingerprint density at radius 1 is 0.931 bits per heavy atom. The molecule has 1 aliphatic rings. The molecule has 0 saturated heterocycles. The van der Waals surface area contributed by atoms with E-state index >= 15 is 0 Å². The van der Waals surface area contributed by atoms with E-state index in [1.54, 1.807) is 30.5 Å². The van der Waals surface area contributed by atoms with Gasteiger partial charge in [0.15, 0.2) is 0 Å². The molecule has 0 bridgehead atoms. The Morgan fingerprint density at radius 2 is 1.62 bits per heavy atom. The van der Waals surface area contributed by atoms with Crippen LogP contribution in [0.1, 0.15) is 42.2 Å². The lowest BCUT2D eigenvalue weighted by molar-refractivity contribution is -0.0587. The molecule has 2 heterocycles. The van der Waals surface area contributed by atoms with Crippen molar-refractivity contribution in [2.24, 2.45) is 0 Å². The van der Waals surface area contributed by atoms with E-state index in [0.29, 0.717) is 10.1 Å². The fourth-order valence-corrected chi connectivity index (χ4v) is 3.87. The zero-order chi connectivity index (χ0) is 20.5. The lowest BCUT2D eigenvalue weighted by Crippen LogP contribution is -2.32. The molecule has 1 aromatic heterocycles. The van der Waals surface area contributed by atoms with Crippen molar-refractivity contribution in [2.45, 2.75) is 23.8 Å². The number of benzene rings is 2. The molecule has 7 heteroatoms. The van der Waals surface area contributed by atoms with Crippen LogP contribution in [0.15, 0.2) is 70.7 Å². The first kappa shape index (κ1) is 18.9. The summed E-state index contributed by atoms with van der Waals surface area (Å²) in [7, 11) is 0. The summed E-state index contributed by atoms with van der Waals surface area (Å²) in [4.78, 5) is 48.0. The Labute approximate surface area is 171 Å². The highest BCUT2D eigenvalue weighted by Gasteiger charge is 2.39. The number of hydroxylamine groups is 2. The third-order valence-corrected chi connectivity index (χ3v) is 5.62. The second-order valence-corrected chi connectivity index (χ2v) is 7.60. The third-order valence-electron chi connectivity index (χ3n) is 4.61. The molecule has 144 valence electrons. The van der Waals surface area contributed by atoms with Gasteiger partial charge in [-0.15, -0.1) is 0 Å². The average molecular weight is 404 g/mol. The van der Waals surface area contributed by atoms with Crippen molar-refractivity contribution in [3.8, 4) is 0 Å². The van der Waals surface area contributed by atoms with E-state index in [0.717, 1.165) is 10.5 Å². The monoisotopic (exact) mass is 404 g/mol. The maximum Gasteiger partial charge on any atom is 0.366 e. The van der Waals surface area contributed by atoms with Gasteiger partial charge in [0, 0.05) is 11.1 Å². The summed E-state index contributed by atoms with van der Waals surface area (Å²) in [6.45, 7) is 4.03. The minimum Gasteiger partial charge on any atom is -0.324 e. The lowest BCUT2D eigenvalue weighted by atomic mass is 10.1. The number of imide groups is 1. The molecule has 0 unspecified atom stereocenters. The van der Waals surface area contributed by atoms with Gasteiger partial charge in [-0.25, -0.2) is 9.78 Å². The van der Waals surface area contributed by atoms with Gasteiger partial charge in [-0.2, -0.15) is 0 Å². The van der Waals surface area contributed by atoms with Crippen LogP contribution in [0.3, 0.4) is 0 Å². The zero-order valence-electron chi connectivity index (χ0n) is 15.7. The highest BCUT2D eigenvalue weighted by molar-refractivity contribution is 7.99. The number of hydrogen-bond donors (Lipinski definition) is 0. The van der Waals surface area contributed by atoms with Gasteiger partial charge in [-0.3, -0.25) is 9.59 Å². The largest absolute Gasteiger partial charge is 0.366 e. The average Bonchev–Trinajstić information content (AvgIpc) is 2.96. The van der Waals surface area contributed by atoms with Crippen LogP contribution in [0, 0.1) is 13.8 Å². The molecule has 4 rings (SSSR count). The first-order valence-corrected chi connectivity index (χ1v) is 9.67. The summed E-state index contributed by atoms with van der Waals surface area (Å²) in [6, 6.07) is 15.4. The van der Waals surface area contributed by atoms with E-state index in [2.05, 4.69) is 4.98 Å². The second-order valence-electron chi connectivity index (χ2n) is 6.53. The molecule has 0 atom stereocenters. The summed E-state index contributed by atoms with van der Waals surface area (Å²) in [5.74, 6) is -2.14. The summed E-state index contributed by atoms with van der Waals surface area (Å²) >= 11 is 1.31. The fraction of sp³-hybridized carbons (Fsp3) is 0.0909. The number of rotatable bonds is 4. The Kier molecular flexibility index (Phi) is 4.90. The smallest absolute Gasteiger partial charge is 0.324 e. The van der Waals surface area contributed by atoms with Gasteiger partial charge in [0.2, 0.25) is 0 Å². The molecule has 3 aromatic rings. The molecule has 0 fully saturated rings. The van der Waals surface area contributed by atoms with Crippen molar-refractivity contribution in [3.05, 3.63) is 88.6 Å². The van der Waals surface area contributed by atoms with Crippen molar-refractivity contribution in [1.82, 2.24) is 10.0 Å². The number of nitrogens with zero attached hydrogens (tertiary/aromatic N) is 2. The van der Waals surface area contributed by atoms with Gasteiger partial charge in [-0.05, 0) is 61.4 Å². The number of fused-ring (bicyclic) bond motifs is 1. The number of aryl methyl sites for hydroxylation is 2. The summed E-state index contributed by atoms with van der Waals surface area (Å²) < 4.78 is 0. The standard InChI is InChI=1S/C22H16N2O4S/c1-13-9-10-15(12-14(13)2)29-19-18(8-5-11-23-19)22(27)28-24-20(25)16-6-3-4-7-17(16)21(24)26/h3-12H,1-2H3. The molecule has 1 aliphatic heterocycles. The molecule has 6 nitrogen and oxygen atoms in total. The van der Waals surface area contributed by atoms with Crippen molar-refractivity contribution in [3.63, 3.8) is 0 Å². The van der Waals surface area contributed by atoms with Crippen LogP contribution in [0.25, 0.3) is 0 Å². The van der Waals surface area contributed by atoms with Crippen molar-refractivity contribution >= 4 is 29.5 Å². The van der Waals surface area contributed by atoms with Gasteiger partial charge >= 0.3 is 5.97 Å². The van der Waals surface area contributed by atoms with Crippen LogP contribution in [0.2, 0.25) is 0 Å². The zero-order valence-corrected chi connectivity index (χ0v) is 16.5. The van der Waals surface area contributed by atoms with Crippen molar-refractivity contribution in [1.29, 1.82) is 0 Å². The van der Waals surface area contributed by atoms with Gasteiger partial charge in [0.25, 0.3) is 11.8 Å². The van der Waals surface area contributed by atoms with Crippen LogP contribution in [0.4, 0.5) is 0 Å². The topological polar surface area (TPSA) is 76.6 Å².